The first-order valence-electron chi connectivity index (χ1n) is 3.82. The van der Waals surface area contributed by atoms with Crippen LogP contribution >= 0.6 is 10.7 Å². The molecule has 0 unspecified atom stereocenters. The van der Waals surface area contributed by atoms with Crippen LogP contribution in [0.3, 0.4) is 0 Å². The van der Waals surface area contributed by atoms with Gasteiger partial charge in [-0.05, 0) is 25.7 Å². The second-order valence-electron chi connectivity index (χ2n) is 3.23. The van der Waals surface area contributed by atoms with Crippen molar-refractivity contribution < 1.29 is 8.42 Å². The van der Waals surface area contributed by atoms with E-state index in [4.69, 9.17) is 10.7 Å². The van der Waals surface area contributed by atoms with Gasteiger partial charge in [0.25, 0.3) is 9.24 Å². The Kier molecular flexibility index (Phi) is 1.67. The summed E-state index contributed by atoms with van der Waals surface area (Å²) in [5.41, 5.74) is 0. The molecule has 2 aliphatic rings. The molecule has 0 saturated carbocycles. The van der Waals surface area contributed by atoms with Gasteiger partial charge in [0.05, 0.1) is 0 Å². The van der Waals surface area contributed by atoms with Gasteiger partial charge in [0.1, 0.15) is 0 Å². The van der Waals surface area contributed by atoms with Gasteiger partial charge in [-0.3, -0.25) is 0 Å². The van der Waals surface area contributed by atoms with E-state index in [-0.39, 0.29) is 12.1 Å². The second-order valence-corrected chi connectivity index (χ2v) is 5.65. The van der Waals surface area contributed by atoms with E-state index in [1.807, 2.05) is 0 Å². The Balaban J connectivity index is 2.29. The van der Waals surface area contributed by atoms with Crippen LogP contribution in [0.5, 0.6) is 0 Å². The maximum Gasteiger partial charge on any atom is 0.300 e. The molecule has 0 aliphatic carbocycles. The van der Waals surface area contributed by atoms with Gasteiger partial charge in [0, 0.05) is 22.8 Å². The van der Waals surface area contributed by atoms with Crippen molar-refractivity contribution in [2.45, 2.75) is 37.8 Å². The van der Waals surface area contributed by atoms with Crippen molar-refractivity contribution in [1.29, 1.82) is 0 Å². The first kappa shape index (κ1) is 7.83. The Bertz CT molecular complexity index is 244. The minimum Gasteiger partial charge on any atom is -0.195 e. The van der Waals surface area contributed by atoms with E-state index in [0.717, 1.165) is 25.7 Å². The normalized spacial score (nSPS) is 38.3. The molecule has 0 radical (unpaired) electrons. The summed E-state index contributed by atoms with van der Waals surface area (Å²) in [5.74, 6) is 0. The molecule has 0 atom stereocenters. The van der Waals surface area contributed by atoms with Gasteiger partial charge in [0.2, 0.25) is 0 Å². The summed E-state index contributed by atoms with van der Waals surface area (Å²) in [7, 11) is 1.83. The molecule has 2 rings (SSSR count). The van der Waals surface area contributed by atoms with Crippen molar-refractivity contribution in [1.82, 2.24) is 4.31 Å². The lowest BCUT2D eigenvalue weighted by atomic mass is 10.0. The van der Waals surface area contributed by atoms with Crippen molar-refractivity contribution in [2.24, 2.45) is 0 Å². The topological polar surface area (TPSA) is 37.4 Å². The highest BCUT2D eigenvalue weighted by Crippen LogP contribution is 2.40. The third-order valence-corrected chi connectivity index (χ3v) is 4.22. The Labute approximate surface area is 70.9 Å². The Hall–Kier alpha value is 0.200. The largest absolute Gasteiger partial charge is 0.300 e. The summed E-state index contributed by atoms with van der Waals surface area (Å²) in [4.78, 5) is 0. The van der Waals surface area contributed by atoms with Crippen molar-refractivity contribution >= 4 is 19.9 Å². The van der Waals surface area contributed by atoms with Crippen molar-refractivity contribution in [3.63, 3.8) is 0 Å². The van der Waals surface area contributed by atoms with Gasteiger partial charge in [-0.25, -0.2) is 0 Å². The predicted molar refractivity (Wildman–Crippen MR) is 42.7 cm³/mol. The highest BCUT2D eigenvalue weighted by Gasteiger charge is 2.45. The molecule has 0 N–H and O–H groups in total. The number of nitrogens with zero attached hydrogens (tertiary/aromatic N) is 1. The summed E-state index contributed by atoms with van der Waals surface area (Å²) < 4.78 is 23.5. The minimum atomic E-state index is -3.43. The summed E-state index contributed by atoms with van der Waals surface area (Å²) in [6.45, 7) is 0. The fraction of sp³-hybridized carbons (Fsp3) is 1.00. The monoisotopic (exact) mass is 195 g/mol. The Morgan fingerprint density at radius 2 is 1.45 bits per heavy atom. The first-order chi connectivity index (χ1) is 5.09. The molecular weight excluding hydrogens is 186 g/mol. The third kappa shape index (κ3) is 1.17. The molecule has 3 nitrogen and oxygen atoms in total. The quantitative estimate of drug-likeness (QED) is 0.588. The lowest BCUT2D eigenvalue weighted by Gasteiger charge is -2.15. The third-order valence-electron chi connectivity index (χ3n) is 2.64. The maximum absolute atomic E-state index is 11.0. The standard InChI is InChI=1S/C6H10ClNO2S/c7-11(9,10)8-5-1-2-6(8)4-3-5/h5-6H,1-4H2. The van der Waals surface area contributed by atoms with Crippen LogP contribution in [0.25, 0.3) is 0 Å². The zero-order valence-electron chi connectivity index (χ0n) is 6.03. The van der Waals surface area contributed by atoms with E-state index in [1.165, 1.54) is 4.31 Å². The molecule has 0 amide bonds. The van der Waals surface area contributed by atoms with Crippen LogP contribution in [-0.2, 0) is 9.24 Å². The molecular formula is C6H10ClNO2S. The van der Waals surface area contributed by atoms with Crippen LogP contribution < -0.4 is 0 Å². The summed E-state index contributed by atoms with van der Waals surface area (Å²) >= 11 is 0. The zero-order chi connectivity index (χ0) is 8.06. The van der Waals surface area contributed by atoms with Crippen LogP contribution in [0.15, 0.2) is 0 Å². The van der Waals surface area contributed by atoms with Crippen molar-refractivity contribution in [2.75, 3.05) is 0 Å². The SMILES string of the molecule is O=S(=O)(Cl)N1C2CCC1CC2. The fourth-order valence-corrected chi connectivity index (χ4v) is 4.03. The molecule has 2 bridgehead atoms. The molecule has 2 aliphatic heterocycles. The highest BCUT2D eigenvalue weighted by atomic mass is 35.7. The lowest BCUT2D eigenvalue weighted by Crippen LogP contribution is -2.31. The van der Waals surface area contributed by atoms with Crippen molar-refractivity contribution in [3.8, 4) is 0 Å². The molecule has 2 fully saturated rings. The van der Waals surface area contributed by atoms with Crippen LogP contribution in [0.1, 0.15) is 25.7 Å². The molecule has 0 aromatic heterocycles. The lowest BCUT2D eigenvalue weighted by molar-refractivity contribution is 0.406. The molecule has 0 aromatic rings. The van der Waals surface area contributed by atoms with Crippen LogP contribution in [-0.4, -0.2) is 24.8 Å². The fourth-order valence-electron chi connectivity index (χ4n) is 2.22. The second kappa shape index (κ2) is 2.34. The van der Waals surface area contributed by atoms with E-state index >= 15 is 0 Å². The molecule has 2 saturated heterocycles. The number of hydrogen-bond donors (Lipinski definition) is 0. The van der Waals surface area contributed by atoms with E-state index in [9.17, 15) is 8.42 Å². The maximum atomic E-state index is 11.0. The number of hydrogen-bond acceptors (Lipinski definition) is 2. The van der Waals surface area contributed by atoms with E-state index in [1.54, 1.807) is 0 Å². The van der Waals surface area contributed by atoms with Crippen LogP contribution in [0.4, 0.5) is 0 Å². The van der Waals surface area contributed by atoms with Gasteiger partial charge in [-0.15, -0.1) is 0 Å². The summed E-state index contributed by atoms with van der Waals surface area (Å²) in [6.07, 6.45) is 3.99. The summed E-state index contributed by atoms with van der Waals surface area (Å²) in [5, 5.41) is 0. The van der Waals surface area contributed by atoms with E-state index in [2.05, 4.69) is 0 Å². The minimum absolute atomic E-state index is 0.211. The number of halogens is 1. The summed E-state index contributed by atoms with van der Waals surface area (Å²) in [6, 6.07) is 0.421. The molecule has 0 aromatic carbocycles. The average molecular weight is 196 g/mol. The van der Waals surface area contributed by atoms with Gasteiger partial charge in [-0.2, -0.15) is 12.7 Å². The number of rotatable bonds is 1. The Morgan fingerprint density at radius 1 is 1.09 bits per heavy atom. The van der Waals surface area contributed by atoms with Crippen LogP contribution in [0, 0.1) is 0 Å². The Morgan fingerprint density at radius 3 is 1.64 bits per heavy atom. The molecule has 5 heteroatoms. The highest BCUT2D eigenvalue weighted by molar-refractivity contribution is 8.11. The molecule has 2 heterocycles. The molecule has 11 heavy (non-hydrogen) atoms. The molecule has 64 valence electrons. The molecule has 0 spiro atoms. The van der Waals surface area contributed by atoms with E-state index < -0.39 is 9.24 Å². The number of fused-ring (bicyclic) bond motifs is 2. The van der Waals surface area contributed by atoms with E-state index in [0.29, 0.717) is 0 Å². The van der Waals surface area contributed by atoms with Crippen LogP contribution in [0.2, 0.25) is 0 Å². The van der Waals surface area contributed by atoms with Gasteiger partial charge >= 0.3 is 0 Å². The van der Waals surface area contributed by atoms with Gasteiger partial charge in [0.15, 0.2) is 0 Å². The predicted octanol–water partition coefficient (Wildman–Crippen LogP) is 1.10. The smallest absolute Gasteiger partial charge is 0.195 e. The van der Waals surface area contributed by atoms with Crippen molar-refractivity contribution in [3.05, 3.63) is 0 Å². The zero-order valence-corrected chi connectivity index (χ0v) is 7.61. The van der Waals surface area contributed by atoms with Gasteiger partial charge in [-0.1, -0.05) is 0 Å². The first-order valence-corrected chi connectivity index (χ1v) is 6.09. The van der Waals surface area contributed by atoms with Gasteiger partial charge < -0.3 is 0 Å². The average Bonchev–Trinajstić information content (AvgIpc) is 2.40.